The number of aldehydes is 1. The fourth-order valence-electron chi connectivity index (χ4n) is 1.29. The quantitative estimate of drug-likeness (QED) is 0.791. The lowest BCUT2D eigenvalue weighted by atomic mass is 10.2. The molecule has 1 heterocycles. The monoisotopic (exact) mass is 296 g/mol. The zero-order valence-corrected chi connectivity index (χ0v) is 11.0. The summed E-state index contributed by atoms with van der Waals surface area (Å²) in [5.74, 6) is 0.863. The number of furan rings is 1. The molecule has 0 bridgehead atoms. The Morgan fingerprint density at radius 3 is 2.75 bits per heavy atom. The molecule has 4 heteroatoms. The zero-order valence-electron chi connectivity index (χ0n) is 8.57. The molecule has 2 nitrogen and oxygen atoms in total. The number of halogens is 1. The van der Waals surface area contributed by atoms with Crippen molar-refractivity contribution >= 4 is 34.0 Å². The Morgan fingerprint density at radius 2 is 2.12 bits per heavy atom. The van der Waals surface area contributed by atoms with Crippen LogP contribution in [0.5, 0.6) is 0 Å². The SMILES string of the molecule is Cc1occc1Sc1cc(Br)ccc1C=O. The first-order valence-electron chi connectivity index (χ1n) is 4.67. The molecular formula is C12H9BrO2S. The van der Waals surface area contributed by atoms with Gasteiger partial charge < -0.3 is 4.42 Å². The van der Waals surface area contributed by atoms with Crippen LogP contribution in [0.4, 0.5) is 0 Å². The summed E-state index contributed by atoms with van der Waals surface area (Å²) in [4.78, 5) is 12.9. The van der Waals surface area contributed by atoms with Crippen molar-refractivity contribution in [3.05, 3.63) is 46.3 Å². The largest absolute Gasteiger partial charge is 0.468 e. The van der Waals surface area contributed by atoms with Crippen molar-refractivity contribution in [2.24, 2.45) is 0 Å². The minimum atomic E-state index is 0.689. The van der Waals surface area contributed by atoms with Gasteiger partial charge in [0.15, 0.2) is 6.29 Å². The second kappa shape index (κ2) is 4.89. The Balaban J connectivity index is 2.37. The highest BCUT2D eigenvalue weighted by Gasteiger charge is 2.08. The third kappa shape index (κ3) is 2.39. The third-order valence-corrected chi connectivity index (χ3v) is 3.84. The Bertz CT molecular complexity index is 519. The van der Waals surface area contributed by atoms with Gasteiger partial charge in [0.2, 0.25) is 0 Å². The van der Waals surface area contributed by atoms with Gasteiger partial charge in [-0.15, -0.1) is 0 Å². The van der Waals surface area contributed by atoms with Crippen LogP contribution in [0.2, 0.25) is 0 Å². The second-order valence-corrected chi connectivity index (χ2v) is 5.24. The maximum Gasteiger partial charge on any atom is 0.151 e. The van der Waals surface area contributed by atoms with Gasteiger partial charge in [-0.1, -0.05) is 27.7 Å². The fourth-order valence-corrected chi connectivity index (χ4v) is 2.78. The fraction of sp³-hybridized carbons (Fsp3) is 0.0833. The number of hydrogen-bond donors (Lipinski definition) is 0. The van der Waals surface area contributed by atoms with Crippen LogP contribution < -0.4 is 0 Å². The highest BCUT2D eigenvalue weighted by molar-refractivity contribution is 9.10. The molecule has 0 fully saturated rings. The van der Waals surface area contributed by atoms with Gasteiger partial charge in [-0.25, -0.2) is 0 Å². The van der Waals surface area contributed by atoms with Crippen molar-refractivity contribution < 1.29 is 9.21 Å². The molecule has 0 aliphatic rings. The van der Waals surface area contributed by atoms with Crippen LogP contribution >= 0.6 is 27.7 Å². The van der Waals surface area contributed by atoms with E-state index >= 15 is 0 Å². The van der Waals surface area contributed by atoms with E-state index in [2.05, 4.69) is 15.9 Å². The minimum Gasteiger partial charge on any atom is -0.468 e. The van der Waals surface area contributed by atoms with E-state index in [9.17, 15) is 4.79 Å². The molecule has 0 atom stereocenters. The molecule has 0 aliphatic carbocycles. The summed E-state index contributed by atoms with van der Waals surface area (Å²) < 4.78 is 6.18. The molecule has 0 unspecified atom stereocenters. The van der Waals surface area contributed by atoms with Crippen molar-refractivity contribution in [1.82, 2.24) is 0 Å². The Hall–Kier alpha value is -1.00. The summed E-state index contributed by atoms with van der Waals surface area (Å²) in [6, 6.07) is 7.49. The smallest absolute Gasteiger partial charge is 0.151 e. The van der Waals surface area contributed by atoms with Gasteiger partial charge in [0.25, 0.3) is 0 Å². The van der Waals surface area contributed by atoms with Crippen LogP contribution in [-0.2, 0) is 0 Å². The maximum atomic E-state index is 10.9. The van der Waals surface area contributed by atoms with E-state index in [0.29, 0.717) is 5.56 Å². The van der Waals surface area contributed by atoms with Gasteiger partial charge in [-0.2, -0.15) is 0 Å². The highest BCUT2D eigenvalue weighted by atomic mass is 79.9. The average Bonchev–Trinajstić information content (AvgIpc) is 2.65. The van der Waals surface area contributed by atoms with Crippen LogP contribution in [0.1, 0.15) is 16.1 Å². The van der Waals surface area contributed by atoms with E-state index in [1.807, 2.05) is 25.1 Å². The summed E-state index contributed by atoms with van der Waals surface area (Å²) >= 11 is 4.93. The Labute approximate surface area is 106 Å². The molecular weight excluding hydrogens is 288 g/mol. The normalized spacial score (nSPS) is 10.4. The molecule has 0 amide bonds. The summed E-state index contributed by atoms with van der Waals surface area (Å²) in [5, 5.41) is 0. The van der Waals surface area contributed by atoms with Gasteiger partial charge in [0.1, 0.15) is 5.76 Å². The number of hydrogen-bond acceptors (Lipinski definition) is 3. The number of carbonyl (C=O) groups is 1. The van der Waals surface area contributed by atoms with Crippen LogP contribution in [0.15, 0.2) is 49.2 Å². The van der Waals surface area contributed by atoms with Crippen molar-refractivity contribution in [3.63, 3.8) is 0 Å². The molecule has 0 N–H and O–H groups in total. The molecule has 0 saturated carbocycles. The van der Waals surface area contributed by atoms with Crippen LogP contribution in [0.3, 0.4) is 0 Å². The first-order valence-corrected chi connectivity index (χ1v) is 6.28. The van der Waals surface area contributed by atoms with Gasteiger partial charge in [0.05, 0.1) is 11.2 Å². The van der Waals surface area contributed by atoms with Crippen LogP contribution in [0, 0.1) is 6.92 Å². The lowest BCUT2D eigenvalue weighted by Gasteiger charge is -2.04. The van der Waals surface area contributed by atoms with Crippen molar-refractivity contribution in [2.75, 3.05) is 0 Å². The van der Waals surface area contributed by atoms with E-state index in [1.54, 1.807) is 12.3 Å². The predicted octanol–water partition coefficient (Wildman–Crippen LogP) is 4.31. The molecule has 2 aromatic rings. The van der Waals surface area contributed by atoms with E-state index in [4.69, 9.17) is 4.42 Å². The highest BCUT2D eigenvalue weighted by Crippen LogP contribution is 2.34. The zero-order chi connectivity index (χ0) is 11.5. The topological polar surface area (TPSA) is 30.2 Å². The van der Waals surface area contributed by atoms with Crippen LogP contribution in [0.25, 0.3) is 0 Å². The Kier molecular flexibility index (Phi) is 3.51. The average molecular weight is 297 g/mol. The number of aryl methyl sites for hydroxylation is 1. The minimum absolute atomic E-state index is 0.689. The lowest BCUT2D eigenvalue weighted by molar-refractivity contribution is 0.112. The van der Waals surface area contributed by atoms with E-state index < -0.39 is 0 Å². The van der Waals surface area contributed by atoms with Gasteiger partial charge in [0, 0.05) is 14.9 Å². The van der Waals surface area contributed by atoms with Gasteiger partial charge in [-0.05, 0) is 31.2 Å². The first-order chi connectivity index (χ1) is 7.70. The summed E-state index contributed by atoms with van der Waals surface area (Å²) in [7, 11) is 0. The summed E-state index contributed by atoms with van der Waals surface area (Å²) in [6.45, 7) is 1.90. The van der Waals surface area contributed by atoms with Crippen molar-refractivity contribution in [2.45, 2.75) is 16.7 Å². The molecule has 16 heavy (non-hydrogen) atoms. The number of rotatable bonds is 3. The molecule has 0 aliphatic heterocycles. The Morgan fingerprint density at radius 1 is 1.31 bits per heavy atom. The molecule has 1 aromatic carbocycles. The van der Waals surface area contributed by atoms with Crippen molar-refractivity contribution in [3.8, 4) is 0 Å². The molecule has 82 valence electrons. The third-order valence-electron chi connectivity index (χ3n) is 2.13. The summed E-state index contributed by atoms with van der Waals surface area (Å²) in [5.41, 5.74) is 0.689. The molecule has 1 aromatic heterocycles. The van der Waals surface area contributed by atoms with Crippen LogP contribution in [-0.4, -0.2) is 6.29 Å². The second-order valence-electron chi connectivity index (χ2n) is 3.24. The molecule has 0 saturated heterocycles. The molecule has 0 radical (unpaired) electrons. The van der Waals surface area contributed by atoms with E-state index in [1.165, 1.54) is 11.8 Å². The first kappa shape index (κ1) is 11.5. The van der Waals surface area contributed by atoms with Gasteiger partial charge >= 0.3 is 0 Å². The summed E-state index contributed by atoms with van der Waals surface area (Å²) in [6.07, 6.45) is 2.51. The van der Waals surface area contributed by atoms with E-state index in [-0.39, 0.29) is 0 Å². The predicted molar refractivity (Wildman–Crippen MR) is 67.1 cm³/mol. The van der Waals surface area contributed by atoms with E-state index in [0.717, 1.165) is 26.3 Å². The maximum absolute atomic E-state index is 10.9. The number of carbonyl (C=O) groups excluding carboxylic acids is 1. The van der Waals surface area contributed by atoms with Crippen molar-refractivity contribution in [1.29, 1.82) is 0 Å². The standard InChI is InChI=1S/C12H9BrO2S/c1-8-11(4-5-15-8)16-12-6-10(13)3-2-9(12)7-14/h2-7H,1H3. The molecule has 0 spiro atoms. The molecule has 2 rings (SSSR count). The lowest BCUT2D eigenvalue weighted by Crippen LogP contribution is -1.85. The number of benzene rings is 1. The van der Waals surface area contributed by atoms with Gasteiger partial charge in [-0.3, -0.25) is 4.79 Å².